The fraction of sp³-hybridized carbons (Fsp3) is 0.0714. The number of nitrogens with one attached hydrogen (secondary N) is 2. The molecule has 0 amide bonds. The van der Waals surface area contributed by atoms with Crippen molar-refractivity contribution in [2.45, 2.75) is 9.79 Å². The number of fused-ring (bicyclic) bond motifs is 1. The second kappa shape index (κ2) is 5.49. The molecule has 1 heterocycles. The van der Waals surface area contributed by atoms with E-state index in [1.54, 1.807) is 0 Å². The van der Waals surface area contributed by atoms with Gasteiger partial charge in [0.1, 0.15) is 10.6 Å². The van der Waals surface area contributed by atoms with Crippen LogP contribution in [-0.2, 0) is 20.0 Å². The summed E-state index contributed by atoms with van der Waals surface area (Å²) in [4.78, 5) is 10.8. The van der Waals surface area contributed by atoms with E-state index in [-0.39, 0.29) is 16.0 Å². The molecule has 0 radical (unpaired) electrons. The highest BCUT2D eigenvalue weighted by Crippen LogP contribution is 2.25. The monoisotopic (exact) mass is 368 g/mol. The van der Waals surface area contributed by atoms with Crippen molar-refractivity contribution < 1.29 is 21.0 Å². The summed E-state index contributed by atoms with van der Waals surface area (Å²) in [7, 11) is -8.15. The van der Waals surface area contributed by atoms with E-state index < -0.39 is 30.4 Å². The van der Waals surface area contributed by atoms with Gasteiger partial charge in [0.25, 0.3) is 5.56 Å². The van der Waals surface area contributed by atoms with Gasteiger partial charge in [-0.3, -0.25) is 15.0 Å². The smallest absolute Gasteiger partial charge is 0.340 e. The van der Waals surface area contributed by atoms with Crippen LogP contribution >= 0.6 is 0 Å². The Bertz CT molecular complexity index is 1190. The molecule has 0 spiro atoms. The minimum atomic E-state index is -4.39. The van der Waals surface area contributed by atoms with E-state index in [0.717, 1.165) is 12.3 Å². The van der Waals surface area contributed by atoms with Gasteiger partial charge in [-0.15, -0.1) is 0 Å². The predicted octanol–water partition coefficient (Wildman–Crippen LogP) is 1.03. The van der Waals surface area contributed by atoms with Crippen molar-refractivity contribution >= 4 is 30.9 Å². The van der Waals surface area contributed by atoms with Gasteiger partial charge in [0.05, 0.1) is 15.8 Å². The van der Waals surface area contributed by atoms with E-state index in [1.165, 1.54) is 36.4 Å². The minimum Gasteiger partial charge on any atom is -0.379 e. The lowest BCUT2D eigenvalue weighted by molar-refractivity contribution is 0.483. The zero-order valence-corrected chi connectivity index (χ0v) is 13.9. The fourth-order valence-corrected chi connectivity index (χ4v) is 4.72. The maximum atomic E-state index is 12.4. The Morgan fingerprint density at radius 1 is 0.917 bits per heavy atom. The average Bonchev–Trinajstić information content (AvgIpc) is 2.87. The number of benzene rings is 2. The number of aromatic amines is 2. The molecule has 0 aliphatic rings. The third-order valence-electron chi connectivity index (χ3n) is 3.27. The second-order valence-electron chi connectivity index (χ2n) is 5.04. The molecular weight excluding hydrogens is 356 g/mol. The van der Waals surface area contributed by atoms with Crippen LogP contribution in [0.15, 0.2) is 57.1 Å². The van der Waals surface area contributed by atoms with Gasteiger partial charge in [0.2, 0.25) is 0 Å². The van der Waals surface area contributed by atoms with E-state index in [4.69, 9.17) is 4.18 Å². The standard InChI is InChI=1S/C14H12N2O6S2/c1-23(18,19)12-4-2-3-5-13(12)24(20,21)22-9-6-7-11-10(8-9)14(17)16-15-11/h2-8H,1H3,(H2,15,16,17). The first kappa shape index (κ1) is 16.3. The summed E-state index contributed by atoms with van der Waals surface area (Å²) in [5, 5.41) is 5.20. The van der Waals surface area contributed by atoms with Crippen molar-refractivity contribution in [2.24, 2.45) is 0 Å². The van der Waals surface area contributed by atoms with Gasteiger partial charge in [-0.2, -0.15) is 8.42 Å². The Morgan fingerprint density at radius 3 is 2.25 bits per heavy atom. The van der Waals surface area contributed by atoms with Crippen molar-refractivity contribution in [1.29, 1.82) is 0 Å². The zero-order valence-electron chi connectivity index (χ0n) is 12.3. The Balaban J connectivity index is 2.08. The van der Waals surface area contributed by atoms with Crippen LogP contribution in [-0.4, -0.2) is 33.3 Å². The van der Waals surface area contributed by atoms with Gasteiger partial charge in [-0.25, -0.2) is 8.42 Å². The molecule has 2 N–H and O–H groups in total. The first-order valence-electron chi connectivity index (χ1n) is 6.62. The highest BCUT2D eigenvalue weighted by molar-refractivity contribution is 7.92. The summed E-state index contributed by atoms with van der Waals surface area (Å²) in [6.45, 7) is 0. The molecular formula is C14H12N2O6S2. The molecule has 2 aromatic carbocycles. The lowest BCUT2D eigenvalue weighted by Gasteiger charge is -2.10. The first-order chi connectivity index (χ1) is 11.2. The number of H-pyrrole nitrogens is 2. The van der Waals surface area contributed by atoms with Crippen LogP contribution in [0, 0.1) is 0 Å². The Kier molecular flexibility index (Phi) is 3.73. The van der Waals surface area contributed by atoms with Gasteiger partial charge in [0, 0.05) is 6.26 Å². The van der Waals surface area contributed by atoms with Crippen molar-refractivity contribution in [2.75, 3.05) is 6.26 Å². The summed E-state index contributed by atoms with van der Waals surface area (Å²) in [6.07, 6.45) is 0.909. The summed E-state index contributed by atoms with van der Waals surface area (Å²) >= 11 is 0. The molecule has 10 heteroatoms. The Morgan fingerprint density at radius 2 is 1.58 bits per heavy atom. The van der Waals surface area contributed by atoms with Crippen molar-refractivity contribution in [3.8, 4) is 5.75 Å². The van der Waals surface area contributed by atoms with Crippen molar-refractivity contribution in [3.05, 3.63) is 52.8 Å². The number of aromatic nitrogens is 2. The molecule has 0 saturated carbocycles. The molecule has 0 bridgehead atoms. The van der Waals surface area contributed by atoms with E-state index >= 15 is 0 Å². The number of hydrogen-bond acceptors (Lipinski definition) is 6. The lowest BCUT2D eigenvalue weighted by atomic mass is 10.2. The molecule has 3 aromatic rings. The normalized spacial score (nSPS) is 12.4. The van der Waals surface area contributed by atoms with Crippen LogP contribution in [0.25, 0.3) is 10.9 Å². The van der Waals surface area contributed by atoms with E-state index in [0.29, 0.717) is 5.52 Å². The molecule has 126 valence electrons. The van der Waals surface area contributed by atoms with Crippen LogP contribution in [0.5, 0.6) is 5.75 Å². The Hall–Kier alpha value is -2.59. The first-order valence-corrected chi connectivity index (χ1v) is 9.92. The van der Waals surface area contributed by atoms with Crippen molar-refractivity contribution in [1.82, 2.24) is 10.2 Å². The molecule has 3 rings (SSSR count). The lowest BCUT2D eigenvalue weighted by Crippen LogP contribution is -2.14. The van der Waals surface area contributed by atoms with Crippen LogP contribution in [0.1, 0.15) is 0 Å². The highest BCUT2D eigenvalue weighted by Gasteiger charge is 2.25. The third kappa shape index (κ3) is 2.93. The van der Waals surface area contributed by atoms with Gasteiger partial charge in [-0.1, -0.05) is 12.1 Å². The van der Waals surface area contributed by atoms with E-state index in [9.17, 15) is 21.6 Å². The van der Waals surface area contributed by atoms with Crippen LogP contribution in [0.2, 0.25) is 0 Å². The van der Waals surface area contributed by atoms with Crippen LogP contribution in [0.3, 0.4) is 0 Å². The summed E-state index contributed by atoms with van der Waals surface area (Å²) in [5.74, 6) is -0.101. The van der Waals surface area contributed by atoms with E-state index in [2.05, 4.69) is 10.2 Å². The Labute approximate surface area is 137 Å². The largest absolute Gasteiger partial charge is 0.379 e. The summed E-state index contributed by atoms with van der Waals surface area (Å²) < 4.78 is 53.4. The van der Waals surface area contributed by atoms with Crippen LogP contribution in [0.4, 0.5) is 0 Å². The molecule has 0 saturated heterocycles. The fourth-order valence-electron chi connectivity index (χ4n) is 2.20. The molecule has 0 atom stereocenters. The molecule has 1 aromatic heterocycles. The maximum absolute atomic E-state index is 12.4. The molecule has 24 heavy (non-hydrogen) atoms. The van der Waals surface area contributed by atoms with Gasteiger partial charge >= 0.3 is 10.1 Å². The molecule has 8 nitrogen and oxygen atoms in total. The predicted molar refractivity (Wildman–Crippen MR) is 86.3 cm³/mol. The summed E-state index contributed by atoms with van der Waals surface area (Å²) in [6, 6.07) is 9.23. The summed E-state index contributed by atoms with van der Waals surface area (Å²) in [5.41, 5.74) is 0.0608. The number of rotatable bonds is 4. The minimum absolute atomic E-state index is 0.101. The second-order valence-corrected chi connectivity index (χ2v) is 8.54. The number of sulfone groups is 1. The van der Waals surface area contributed by atoms with Crippen molar-refractivity contribution in [3.63, 3.8) is 0 Å². The average molecular weight is 368 g/mol. The van der Waals surface area contributed by atoms with Crippen LogP contribution < -0.4 is 9.74 Å². The maximum Gasteiger partial charge on any atom is 0.340 e. The molecule has 0 fully saturated rings. The van der Waals surface area contributed by atoms with E-state index in [1.807, 2.05) is 0 Å². The van der Waals surface area contributed by atoms with Gasteiger partial charge in [0.15, 0.2) is 9.84 Å². The number of hydrogen-bond donors (Lipinski definition) is 2. The van der Waals surface area contributed by atoms with Gasteiger partial charge < -0.3 is 4.18 Å². The van der Waals surface area contributed by atoms with Gasteiger partial charge in [-0.05, 0) is 30.3 Å². The highest BCUT2D eigenvalue weighted by atomic mass is 32.2. The quantitative estimate of drug-likeness (QED) is 0.662. The molecule has 0 unspecified atom stereocenters. The zero-order chi connectivity index (χ0) is 17.5. The third-order valence-corrected chi connectivity index (χ3v) is 5.86. The molecule has 0 aliphatic heterocycles. The molecule has 0 aliphatic carbocycles. The topological polar surface area (TPSA) is 126 Å². The SMILES string of the molecule is CS(=O)(=O)c1ccccc1S(=O)(=O)Oc1ccc2[nH][nH]c(=O)c2c1.